The van der Waals surface area contributed by atoms with Crippen LogP contribution >= 0.6 is 0 Å². The van der Waals surface area contributed by atoms with Crippen LogP contribution in [0.5, 0.6) is 5.75 Å². The molecule has 1 aromatic rings. The maximum absolute atomic E-state index is 12.5. The zero-order chi connectivity index (χ0) is 13.8. The predicted molar refractivity (Wildman–Crippen MR) is 77.9 cm³/mol. The first-order chi connectivity index (χ1) is 9.84. The number of fused-ring (bicyclic) bond motifs is 1. The third-order valence-electron chi connectivity index (χ3n) is 4.17. The van der Waals surface area contributed by atoms with Crippen molar-refractivity contribution in [2.75, 3.05) is 19.7 Å². The Balaban J connectivity index is 1.68. The van der Waals surface area contributed by atoms with Crippen LogP contribution < -0.4 is 15.4 Å². The zero-order valence-electron chi connectivity index (χ0n) is 11.7. The normalized spacial score (nSPS) is 26.0. The first-order valence-corrected chi connectivity index (χ1v) is 7.57. The fraction of sp³-hybridized carbons (Fsp3) is 0.562. The molecule has 4 heteroatoms. The molecule has 1 amide bonds. The maximum Gasteiger partial charge on any atom is 0.228 e. The Morgan fingerprint density at radius 2 is 2.15 bits per heavy atom. The molecule has 0 aliphatic carbocycles. The highest BCUT2D eigenvalue weighted by atomic mass is 16.5. The lowest BCUT2D eigenvalue weighted by Crippen LogP contribution is -2.43. The molecule has 0 spiro atoms. The van der Waals surface area contributed by atoms with Gasteiger partial charge in [-0.05, 0) is 31.9 Å². The van der Waals surface area contributed by atoms with E-state index in [1.54, 1.807) is 0 Å². The smallest absolute Gasteiger partial charge is 0.228 e. The molecule has 4 nitrogen and oxygen atoms in total. The maximum atomic E-state index is 12.5. The standard InChI is InChI=1S/C16H22N2O2/c19-16(18-12-5-3-4-9-17-11-12)14-8-10-20-15-7-2-1-6-13(14)15/h1-2,6-7,12,14,17H,3-5,8-11H2,(H,18,19). The van der Waals surface area contributed by atoms with Crippen molar-refractivity contribution in [3.8, 4) is 5.75 Å². The summed E-state index contributed by atoms with van der Waals surface area (Å²) in [5.74, 6) is 0.940. The van der Waals surface area contributed by atoms with Gasteiger partial charge in [-0.2, -0.15) is 0 Å². The summed E-state index contributed by atoms with van der Waals surface area (Å²) in [6.45, 7) is 2.57. The summed E-state index contributed by atoms with van der Waals surface area (Å²) >= 11 is 0. The Morgan fingerprint density at radius 3 is 3.10 bits per heavy atom. The highest BCUT2D eigenvalue weighted by Gasteiger charge is 2.28. The van der Waals surface area contributed by atoms with Crippen molar-refractivity contribution in [3.05, 3.63) is 29.8 Å². The average Bonchev–Trinajstić information content (AvgIpc) is 2.75. The minimum absolute atomic E-state index is 0.0665. The summed E-state index contributed by atoms with van der Waals surface area (Å²) in [7, 11) is 0. The van der Waals surface area contributed by atoms with Gasteiger partial charge in [0, 0.05) is 18.2 Å². The van der Waals surface area contributed by atoms with Gasteiger partial charge in [0.05, 0.1) is 12.5 Å². The molecule has 1 saturated heterocycles. The number of amides is 1. The highest BCUT2D eigenvalue weighted by molar-refractivity contribution is 5.85. The molecule has 2 N–H and O–H groups in total. The Kier molecular flexibility index (Phi) is 4.21. The third-order valence-corrected chi connectivity index (χ3v) is 4.17. The monoisotopic (exact) mass is 274 g/mol. The Bertz CT molecular complexity index is 467. The van der Waals surface area contributed by atoms with Gasteiger partial charge in [-0.25, -0.2) is 0 Å². The number of ether oxygens (including phenoxy) is 1. The third kappa shape index (κ3) is 2.96. The van der Waals surface area contributed by atoms with Crippen molar-refractivity contribution < 1.29 is 9.53 Å². The van der Waals surface area contributed by atoms with Crippen LogP contribution in [0, 0.1) is 0 Å². The van der Waals surface area contributed by atoms with Crippen molar-refractivity contribution in [1.82, 2.24) is 10.6 Å². The van der Waals surface area contributed by atoms with Gasteiger partial charge in [0.1, 0.15) is 5.75 Å². The van der Waals surface area contributed by atoms with Crippen LogP contribution in [0.1, 0.15) is 37.2 Å². The summed E-state index contributed by atoms with van der Waals surface area (Å²) in [5.41, 5.74) is 1.03. The van der Waals surface area contributed by atoms with Crippen molar-refractivity contribution >= 4 is 5.91 Å². The van der Waals surface area contributed by atoms with E-state index < -0.39 is 0 Å². The van der Waals surface area contributed by atoms with E-state index >= 15 is 0 Å². The topological polar surface area (TPSA) is 50.4 Å². The molecule has 2 aliphatic heterocycles. The van der Waals surface area contributed by atoms with Crippen LogP contribution in [0.15, 0.2) is 24.3 Å². The number of para-hydroxylation sites is 1. The molecule has 0 aromatic heterocycles. The van der Waals surface area contributed by atoms with Gasteiger partial charge < -0.3 is 15.4 Å². The summed E-state index contributed by atoms with van der Waals surface area (Å²) < 4.78 is 5.62. The van der Waals surface area contributed by atoms with Gasteiger partial charge in [0.15, 0.2) is 0 Å². The van der Waals surface area contributed by atoms with Gasteiger partial charge in [-0.3, -0.25) is 4.79 Å². The van der Waals surface area contributed by atoms with Crippen molar-refractivity contribution in [1.29, 1.82) is 0 Å². The van der Waals surface area contributed by atoms with Crippen LogP contribution in [0.25, 0.3) is 0 Å². The molecule has 3 rings (SSSR count). The van der Waals surface area contributed by atoms with Gasteiger partial charge in [-0.15, -0.1) is 0 Å². The number of carbonyl (C=O) groups is 1. The lowest BCUT2D eigenvalue weighted by molar-refractivity contribution is -0.123. The second-order valence-electron chi connectivity index (χ2n) is 5.63. The van der Waals surface area contributed by atoms with Gasteiger partial charge >= 0.3 is 0 Å². The van der Waals surface area contributed by atoms with E-state index in [2.05, 4.69) is 10.6 Å². The van der Waals surface area contributed by atoms with E-state index in [1.807, 2.05) is 24.3 Å². The molecule has 1 aromatic carbocycles. The largest absolute Gasteiger partial charge is 0.493 e. The number of hydrogen-bond acceptors (Lipinski definition) is 3. The van der Waals surface area contributed by atoms with E-state index in [4.69, 9.17) is 4.74 Å². The SMILES string of the molecule is O=C(NC1CCCCNC1)C1CCOc2ccccc21. The number of rotatable bonds is 2. The van der Waals surface area contributed by atoms with Crippen molar-refractivity contribution in [2.24, 2.45) is 0 Å². The molecule has 2 unspecified atom stereocenters. The van der Waals surface area contributed by atoms with E-state index in [0.29, 0.717) is 6.61 Å². The summed E-state index contributed by atoms with van der Waals surface area (Å²) in [4.78, 5) is 12.5. The second-order valence-corrected chi connectivity index (χ2v) is 5.63. The molecule has 108 valence electrons. The molecule has 2 atom stereocenters. The molecule has 2 heterocycles. The second kappa shape index (κ2) is 6.27. The van der Waals surface area contributed by atoms with Gasteiger partial charge in [-0.1, -0.05) is 24.6 Å². The van der Waals surface area contributed by atoms with Gasteiger partial charge in [0.25, 0.3) is 0 Å². The van der Waals surface area contributed by atoms with E-state index in [0.717, 1.165) is 37.2 Å². The molecule has 20 heavy (non-hydrogen) atoms. The fourth-order valence-electron chi connectivity index (χ4n) is 3.06. The molecular formula is C16H22N2O2. The van der Waals surface area contributed by atoms with Gasteiger partial charge in [0.2, 0.25) is 5.91 Å². The van der Waals surface area contributed by atoms with Crippen molar-refractivity contribution in [3.63, 3.8) is 0 Å². The first-order valence-electron chi connectivity index (χ1n) is 7.57. The molecule has 0 radical (unpaired) electrons. The quantitative estimate of drug-likeness (QED) is 0.865. The van der Waals surface area contributed by atoms with E-state index in [1.165, 1.54) is 12.8 Å². The number of carbonyl (C=O) groups excluding carboxylic acids is 1. The molecule has 0 bridgehead atoms. The van der Waals surface area contributed by atoms with Crippen LogP contribution in [0.4, 0.5) is 0 Å². The van der Waals surface area contributed by atoms with Crippen LogP contribution in [0.3, 0.4) is 0 Å². The molecule has 0 saturated carbocycles. The van der Waals surface area contributed by atoms with E-state index in [9.17, 15) is 4.79 Å². The minimum atomic E-state index is -0.0665. The van der Waals surface area contributed by atoms with Crippen LogP contribution in [0.2, 0.25) is 0 Å². The molecule has 2 aliphatic rings. The molecule has 1 fully saturated rings. The fourth-order valence-corrected chi connectivity index (χ4v) is 3.06. The average molecular weight is 274 g/mol. The molecular weight excluding hydrogens is 252 g/mol. The minimum Gasteiger partial charge on any atom is -0.493 e. The lowest BCUT2D eigenvalue weighted by atomic mass is 9.92. The summed E-state index contributed by atoms with van der Waals surface area (Å²) in [6.07, 6.45) is 4.22. The van der Waals surface area contributed by atoms with E-state index in [-0.39, 0.29) is 17.9 Å². The Hall–Kier alpha value is -1.55. The number of hydrogen-bond donors (Lipinski definition) is 2. The van der Waals surface area contributed by atoms with Crippen LogP contribution in [-0.4, -0.2) is 31.6 Å². The number of nitrogens with one attached hydrogen (secondary N) is 2. The lowest BCUT2D eigenvalue weighted by Gasteiger charge is -2.27. The van der Waals surface area contributed by atoms with Crippen molar-refractivity contribution in [2.45, 2.75) is 37.6 Å². The first kappa shape index (κ1) is 13.4. The Morgan fingerprint density at radius 1 is 1.25 bits per heavy atom. The summed E-state index contributed by atoms with van der Waals surface area (Å²) in [6, 6.07) is 8.14. The number of benzene rings is 1. The summed E-state index contributed by atoms with van der Waals surface area (Å²) in [5, 5.41) is 6.60. The highest BCUT2D eigenvalue weighted by Crippen LogP contribution is 2.33. The predicted octanol–water partition coefficient (Wildman–Crippen LogP) is 1.81. The zero-order valence-corrected chi connectivity index (χ0v) is 11.7. The Labute approximate surface area is 119 Å². The van der Waals surface area contributed by atoms with Crippen LogP contribution in [-0.2, 0) is 4.79 Å².